The zero-order valence-corrected chi connectivity index (χ0v) is 10.8. The molecular formula is C8H4ClF5INO. The Morgan fingerprint density at radius 2 is 2.00 bits per heavy atom. The molecule has 0 amide bonds. The predicted octanol–water partition coefficient (Wildman–Crippen LogP) is 4.26. The third-order valence-electron chi connectivity index (χ3n) is 1.67. The summed E-state index contributed by atoms with van der Waals surface area (Å²) in [7, 11) is 0. The molecule has 1 aromatic heterocycles. The van der Waals surface area contributed by atoms with Crippen LogP contribution in [-0.2, 0) is 5.88 Å². The van der Waals surface area contributed by atoms with Crippen LogP contribution in [0.25, 0.3) is 0 Å². The molecule has 0 aliphatic heterocycles. The fourth-order valence-electron chi connectivity index (χ4n) is 1.05. The molecule has 9 heteroatoms. The van der Waals surface area contributed by atoms with Gasteiger partial charge >= 0.3 is 6.36 Å². The van der Waals surface area contributed by atoms with Gasteiger partial charge in [0.25, 0.3) is 6.43 Å². The number of nitrogens with zero attached hydrogens (tertiary/aromatic N) is 1. The van der Waals surface area contributed by atoms with E-state index in [1.807, 2.05) is 0 Å². The first kappa shape index (κ1) is 14.7. The van der Waals surface area contributed by atoms with E-state index in [1.54, 1.807) is 0 Å². The van der Waals surface area contributed by atoms with Gasteiger partial charge in [-0.3, -0.25) is 0 Å². The molecule has 0 unspecified atom stereocenters. The van der Waals surface area contributed by atoms with Crippen LogP contribution < -0.4 is 4.74 Å². The summed E-state index contributed by atoms with van der Waals surface area (Å²) in [5.41, 5.74) is -1.14. The van der Waals surface area contributed by atoms with Gasteiger partial charge in [-0.1, -0.05) is 0 Å². The van der Waals surface area contributed by atoms with E-state index in [1.165, 1.54) is 22.6 Å². The molecule has 0 aromatic carbocycles. The molecule has 0 fully saturated rings. The maximum Gasteiger partial charge on any atom is 0.573 e. The van der Waals surface area contributed by atoms with Gasteiger partial charge in [0.2, 0.25) is 0 Å². The third kappa shape index (κ3) is 3.80. The summed E-state index contributed by atoms with van der Waals surface area (Å²) in [5.74, 6) is -1.38. The molecule has 0 saturated heterocycles. The zero-order valence-electron chi connectivity index (χ0n) is 7.86. The topological polar surface area (TPSA) is 22.1 Å². The molecule has 1 aromatic rings. The van der Waals surface area contributed by atoms with Gasteiger partial charge in [0.05, 0.1) is 11.4 Å². The second-order valence-corrected chi connectivity index (χ2v) is 4.09. The molecule has 0 spiro atoms. The van der Waals surface area contributed by atoms with Gasteiger partial charge in [-0.15, -0.1) is 24.8 Å². The van der Waals surface area contributed by atoms with Crippen LogP contribution in [0.3, 0.4) is 0 Å². The van der Waals surface area contributed by atoms with Crippen molar-refractivity contribution in [3.05, 3.63) is 21.0 Å². The van der Waals surface area contributed by atoms with Crippen LogP contribution in [0, 0.1) is 3.70 Å². The quantitative estimate of drug-likeness (QED) is 0.335. The molecule has 0 bridgehead atoms. The van der Waals surface area contributed by atoms with Crippen molar-refractivity contribution in [3.63, 3.8) is 0 Å². The van der Waals surface area contributed by atoms with Gasteiger partial charge in [-0.2, -0.15) is 0 Å². The van der Waals surface area contributed by atoms with Crippen molar-refractivity contribution in [2.75, 3.05) is 0 Å². The fourth-order valence-corrected chi connectivity index (χ4v) is 1.86. The number of hydrogen-bond donors (Lipinski definition) is 0. The van der Waals surface area contributed by atoms with Crippen LogP contribution in [0.1, 0.15) is 17.6 Å². The van der Waals surface area contributed by atoms with Crippen LogP contribution in [0.5, 0.6) is 5.75 Å². The molecule has 0 radical (unpaired) electrons. The van der Waals surface area contributed by atoms with Crippen LogP contribution in [0.4, 0.5) is 22.0 Å². The largest absolute Gasteiger partial charge is 0.573 e. The first-order valence-electron chi connectivity index (χ1n) is 4.03. The fraction of sp³-hybridized carbons (Fsp3) is 0.375. The van der Waals surface area contributed by atoms with Crippen molar-refractivity contribution in [2.45, 2.75) is 18.7 Å². The normalized spacial score (nSPS) is 12.0. The Kier molecular flexibility index (Phi) is 4.76. The molecule has 17 heavy (non-hydrogen) atoms. The Balaban J connectivity index is 3.35. The van der Waals surface area contributed by atoms with Crippen molar-refractivity contribution in [1.82, 2.24) is 4.98 Å². The number of ether oxygens (including phenoxy) is 1. The van der Waals surface area contributed by atoms with Gasteiger partial charge in [0, 0.05) is 11.8 Å². The number of alkyl halides is 6. The molecular weight excluding hydrogens is 383 g/mol. The Labute approximate surface area is 111 Å². The van der Waals surface area contributed by atoms with Crippen molar-refractivity contribution in [1.29, 1.82) is 0 Å². The summed E-state index contributed by atoms with van der Waals surface area (Å²) in [4.78, 5) is 3.54. The number of pyridine rings is 1. The average molecular weight is 387 g/mol. The molecule has 0 aliphatic rings. The van der Waals surface area contributed by atoms with Gasteiger partial charge in [-0.25, -0.2) is 13.8 Å². The van der Waals surface area contributed by atoms with Crippen molar-refractivity contribution in [2.24, 2.45) is 0 Å². The lowest BCUT2D eigenvalue weighted by molar-refractivity contribution is -0.275. The third-order valence-corrected chi connectivity index (χ3v) is 2.82. The standard InChI is InChI=1S/C8H4ClF5INO/c9-1-3-2-16-7(15)4(6(10)11)5(3)17-8(12,13)14/h2,6H,1H2. The maximum absolute atomic E-state index is 12.6. The second-order valence-electron chi connectivity index (χ2n) is 2.80. The summed E-state index contributed by atoms with van der Waals surface area (Å²) in [5, 5.41) is 0. The number of rotatable bonds is 3. The highest BCUT2D eigenvalue weighted by Gasteiger charge is 2.35. The Bertz CT molecular complexity index is 412. The van der Waals surface area contributed by atoms with E-state index in [9.17, 15) is 22.0 Å². The van der Waals surface area contributed by atoms with Gasteiger partial charge in [0.15, 0.2) is 0 Å². The lowest BCUT2D eigenvalue weighted by Gasteiger charge is -2.16. The summed E-state index contributed by atoms with van der Waals surface area (Å²) in [6.07, 6.45) is -7.22. The van der Waals surface area contributed by atoms with Gasteiger partial charge in [0.1, 0.15) is 9.45 Å². The molecule has 2 nitrogen and oxygen atoms in total. The highest BCUT2D eigenvalue weighted by Crippen LogP contribution is 2.38. The number of hydrogen-bond acceptors (Lipinski definition) is 2. The van der Waals surface area contributed by atoms with Crippen molar-refractivity contribution >= 4 is 34.2 Å². The van der Waals surface area contributed by atoms with Crippen LogP contribution >= 0.6 is 34.2 Å². The van der Waals surface area contributed by atoms with Gasteiger partial charge < -0.3 is 4.74 Å². The van der Waals surface area contributed by atoms with Crippen molar-refractivity contribution in [3.8, 4) is 5.75 Å². The SMILES string of the molecule is FC(F)c1c(I)ncc(CCl)c1OC(F)(F)F. The average Bonchev–Trinajstić information content (AvgIpc) is 2.15. The minimum absolute atomic E-state index is 0.236. The highest BCUT2D eigenvalue weighted by molar-refractivity contribution is 14.1. The maximum atomic E-state index is 12.6. The van der Waals surface area contributed by atoms with E-state index in [-0.39, 0.29) is 9.26 Å². The van der Waals surface area contributed by atoms with E-state index in [4.69, 9.17) is 11.6 Å². The Hall–Kier alpha value is -0.380. The molecule has 96 valence electrons. The summed E-state index contributed by atoms with van der Waals surface area (Å²) >= 11 is 6.76. The monoisotopic (exact) mass is 387 g/mol. The first-order chi connectivity index (χ1) is 7.76. The molecule has 0 atom stereocenters. The van der Waals surface area contributed by atoms with E-state index in [2.05, 4.69) is 9.72 Å². The van der Waals surface area contributed by atoms with E-state index < -0.39 is 30.0 Å². The van der Waals surface area contributed by atoms with Crippen LogP contribution in [-0.4, -0.2) is 11.3 Å². The first-order valence-corrected chi connectivity index (χ1v) is 5.64. The van der Waals surface area contributed by atoms with E-state index in [0.717, 1.165) is 6.20 Å². The Morgan fingerprint density at radius 1 is 1.41 bits per heavy atom. The molecule has 0 aliphatic carbocycles. The van der Waals surface area contributed by atoms with Crippen LogP contribution in [0.2, 0.25) is 0 Å². The molecule has 0 N–H and O–H groups in total. The summed E-state index contributed by atoms with van der Waals surface area (Å²) < 4.78 is 64.9. The molecule has 0 saturated carbocycles. The zero-order chi connectivity index (χ0) is 13.2. The van der Waals surface area contributed by atoms with Crippen molar-refractivity contribution < 1.29 is 26.7 Å². The smallest absolute Gasteiger partial charge is 0.405 e. The lowest BCUT2D eigenvalue weighted by atomic mass is 10.2. The number of aromatic nitrogens is 1. The van der Waals surface area contributed by atoms with E-state index in [0.29, 0.717) is 0 Å². The highest BCUT2D eigenvalue weighted by atomic mass is 127. The summed E-state index contributed by atoms with van der Waals surface area (Å²) in [6.45, 7) is 0. The lowest BCUT2D eigenvalue weighted by Crippen LogP contribution is -2.20. The van der Waals surface area contributed by atoms with Gasteiger partial charge in [-0.05, 0) is 22.6 Å². The second kappa shape index (κ2) is 5.51. The number of halogens is 7. The minimum atomic E-state index is -5.06. The summed E-state index contributed by atoms with van der Waals surface area (Å²) in [6, 6.07) is 0. The van der Waals surface area contributed by atoms with E-state index >= 15 is 0 Å². The predicted molar refractivity (Wildman–Crippen MR) is 58.2 cm³/mol. The molecule has 1 rings (SSSR count). The minimum Gasteiger partial charge on any atom is -0.405 e. The Morgan fingerprint density at radius 3 is 2.41 bits per heavy atom. The van der Waals surface area contributed by atoms with Crippen LogP contribution in [0.15, 0.2) is 6.20 Å². The molecule has 1 heterocycles.